The van der Waals surface area contributed by atoms with Crippen molar-refractivity contribution in [3.8, 4) is 0 Å². The molecule has 1 atom stereocenters. The molecule has 0 fully saturated rings. The summed E-state index contributed by atoms with van der Waals surface area (Å²) in [6.45, 7) is 3.13. The van der Waals surface area contributed by atoms with Crippen LogP contribution in [0, 0.1) is 0 Å². The summed E-state index contributed by atoms with van der Waals surface area (Å²) in [4.78, 5) is 14.3. The van der Waals surface area contributed by atoms with Crippen LogP contribution in [0.15, 0.2) is 42.6 Å². The molecule has 7 heteroatoms. The Morgan fingerprint density at radius 3 is 2.68 bits per heavy atom. The number of fused-ring (bicyclic) bond motifs is 1. The minimum absolute atomic E-state index is 0.133. The number of urea groups is 1. The van der Waals surface area contributed by atoms with Crippen LogP contribution in [0.3, 0.4) is 0 Å². The van der Waals surface area contributed by atoms with Crippen molar-refractivity contribution >= 4 is 11.7 Å². The fourth-order valence-corrected chi connectivity index (χ4v) is 3.31. The number of hydrogen-bond donors (Lipinski definition) is 1. The molecule has 0 radical (unpaired) electrons. The van der Waals surface area contributed by atoms with Gasteiger partial charge in [-0.15, -0.1) is 0 Å². The van der Waals surface area contributed by atoms with Crippen LogP contribution in [-0.2, 0) is 12.7 Å². The Bertz CT molecular complexity index is 754. The van der Waals surface area contributed by atoms with Gasteiger partial charge < -0.3 is 14.8 Å². The molecule has 2 aromatic rings. The lowest BCUT2D eigenvalue weighted by molar-refractivity contribution is -0.136. The highest BCUT2D eigenvalue weighted by molar-refractivity contribution is 5.90. The number of nitrogens with zero attached hydrogens (tertiary/aromatic N) is 2. The average molecular weight is 351 g/mol. The van der Waals surface area contributed by atoms with E-state index in [1.165, 1.54) is 18.2 Å². The summed E-state index contributed by atoms with van der Waals surface area (Å²) in [5.41, 5.74) is -0.0284. The van der Waals surface area contributed by atoms with Gasteiger partial charge in [-0.25, -0.2) is 4.79 Å². The number of carbonyl (C=O) groups is 1. The predicted molar refractivity (Wildman–Crippen MR) is 89.2 cm³/mol. The van der Waals surface area contributed by atoms with Gasteiger partial charge in [0.2, 0.25) is 0 Å². The number of anilines is 1. The molecule has 25 heavy (non-hydrogen) atoms. The summed E-state index contributed by atoms with van der Waals surface area (Å²) in [6, 6.07) is 8.31. The Hall–Kier alpha value is -2.44. The summed E-state index contributed by atoms with van der Waals surface area (Å²) in [6.07, 6.45) is -0.910. The number of aromatic nitrogens is 1. The third-order valence-corrected chi connectivity index (χ3v) is 4.46. The molecular formula is C18H20F3N3O. The molecule has 1 aliphatic heterocycles. The van der Waals surface area contributed by atoms with E-state index in [4.69, 9.17) is 0 Å². The van der Waals surface area contributed by atoms with Crippen molar-refractivity contribution in [3.63, 3.8) is 0 Å². The number of benzene rings is 1. The van der Waals surface area contributed by atoms with Crippen molar-refractivity contribution in [2.45, 2.75) is 38.5 Å². The van der Waals surface area contributed by atoms with Crippen molar-refractivity contribution in [1.82, 2.24) is 9.47 Å². The molecule has 134 valence electrons. The molecule has 4 nitrogen and oxygen atoms in total. The SMILES string of the molecule is CCC[C@H]1c2cccn2CCN1C(=O)Nc1ccccc1C(F)(F)F. The molecule has 1 aromatic carbocycles. The lowest BCUT2D eigenvalue weighted by Gasteiger charge is -2.37. The number of halogens is 3. The van der Waals surface area contributed by atoms with Crippen molar-refractivity contribution < 1.29 is 18.0 Å². The molecule has 3 rings (SSSR count). The minimum Gasteiger partial charge on any atom is -0.348 e. The molecule has 2 amide bonds. The highest BCUT2D eigenvalue weighted by Gasteiger charge is 2.35. The first-order valence-electron chi connectivity index (χ1n) is 8.30. The maximum absolute atomic E-state index is 13.1. The number of hydrogen-bond acceptors (Lipinski definition) is 1. The Morgan fingerprint density at radius 1 is 1.20 bits per heavy atom. The quantitative estimate of drug-likeness (QED) is 0.839. The first kappa shape index (κ1) is 17.4. The maximum atomic E-state index is 13.1. The summed E-state index contributed by atoms with van der Waals surface area (Å²) in [7, 11) is 0. The average Bonchev–Trinajstić information content (AvgIpc) is 3.04. The number of carbonyl (C=O) groups excluding carboxylic acids is 1. The van der Waals surface area contributed by atoms with E-state index in [1.807, 2.05) is 25.3 Å². The van der Waals surface area contributed by atoms with Crippen molar-refractivity contribution in [1.29, 1.82) is 0 Å². The summed E-state index contributed by atoms with van der Waals surface area (Å²) in [5, 5.41) is 2.46. The van der Waals surface area contributed by atoms with Crippen molar-refractivity contribution in [2.75, 3.05) is 11.9 Å². The van der Waals surface area contributed by atoms with Crippen LogP contribution in [-0.4, -0.2) is 22.0 Å². The van der Waals surface area contributed by atoms with E-state index < -0.39 is 17.8 Å². The Kier molecular flexibility index (Phi) is 4.74. The smallest absolute Gasteiger partial charge is 0.348 e. The van der Waals surface area contributed by atoms with Crippen LogP contribution >= 0.6 is 0 Å². The van der Waals surface area contributed by atoms with Gasteiger partial charge in [-0.3, -0.25) is 0 Å². The van der Waals surface area contributed by atoms with Crippen LogP contribution in [0.1, 0.15) is 37.1 Å². The zero-order valence-corrected chi connectivity index (χ0v) is 13.9. The highest BCUT2D eigenvalue weighted by Crippen LogP contribution is 2.35. The second-order valence-corrected chi connectivity index (χ2v) is 6.10. The predicted octanol–water partition coefficient (Wildman–Crippen LogP) is 4.90. The Morgan fingerprint density at radius 2 is 1.96 bits per heavy atom. The zero-order chi connectivity index (χ0) is 18.0. The maximum Gasteiger partial charge on any atom is 0.418 e. The van der Waals surface area contributed by atoms with E-state index in [2.05, 4.69) is 9.88 Å². The van der Waals surface area contributed by atoms with E-state index in [9.17, 15) is 18.0 Å². The van der Waals surface area contributed by atoms with E-state index in [1.54, 1.807) is 4.90 Å². The third-order valence-electron chi connectivity index (χ3n) is 4.46. The number of rotatable bonds is 3. The van der Waals surface area contributed by atoms with Crippen LogP contribution in [0.4, 0.5) is 23.7 Å². The number of nitrogens with one attached hydrogen (secondary N) is 1. The van der Waals surface area contributed by atoms with E-state index in [0.717, 1.165) is 24.6 Å². The Labute approximate surface area is 144 Å². The first-order valence-corrected chi connectivity index (χ1v) is 8.30. The van der Waals surface area contributed by atoms with Crippen molar-refractivity contribution in [2.24, 2.45) is 0 Å². The van der Waals surface area contributed by atoms with Gasteiger partial charge in [0.1, 0.15) is 0 Å². The van der Waals surface area contributed by atoms with Crippen LogP contribution in [0.2, 0.25) is 0 Å². The van der Waals surface area contributed by atoms with Gasteiger partial charge in [0, 0.05) is 25.0 Å². The first-order chi connectivity index (χ1) is 11.9. The molecular weight excluding hydrogens is 331 g/mol. The van der Waals surface area contributed by atoms with Crippen LogP contribution in [0.5, 0.6) is 0 Å². The molecule has 0 aliphatic carbocycles. The van der Waals surface area contributed by atoms with Gasteiger partial charge >= 0.3 is 12.2 Å². The normalized spacial score (nSPS) is 17.3. The molecule has 0 spiro atoms. The van der Waals surface area contributed by atoms with E-state index in [-0.39, 0.29) is 11.7 Å². The molecule has 1 N–H and O–H groups in total. The third kappa shape index (κ3) is 3.50. The van der Waals surface area contributed by atoms with Crippen LogP contribution < -0.4 is 5.32 Å². The number of alkyl halides is 3. The monoisotopic (exact) mass is 351 g/mol. The van der Waals surface area contributed by atoms with Gasteiger partial charge in [0.05, 0.1) is 17.3 Å². The molecule has 2 heterocycles. The number of amides is 2. The lowest BCUT2D eigenvalue weighted by atomic mass is 10.0. The van der Waals surface area contributed by atoms with Gasteiger partial charge in [-0.2, -0.15) is 13.2 Å². The van der Waals surface area contributed by atoms with Gasteiger partial charge in [-0.05, 0) is 30.7 Å². The van der Waals surface area contributed by atoms with Crippen LogP contribution in [0.25, 0.3) is 0 Å². The molecule has 0 saturated carbocycles. The second kappa shape index (κ2) is 6.82. The highest BCUT2D eigenvalue weighted by atomic mass is 19.4. The fourth-order valence-electron chi connectivity index (χ4n) is 3.31. The topological polar surface area (TPSA) is 37.3 Å². The minimum atomic E-state index is -4.51. The number of para-hydroxylation sites is 1. The summed E-state index contributed by atoms with van der Waals surface area (Å²) < 4.78 is 41.5. The standard InChI is InChI=1S/C18H20F3N3O/c1-2-6-16-15-9-5-10-23(15)11-12-24(16)17(25)22-14-8-4-3-7-13(14)18(19,20)21/h3-5,7-10,16H,2,6,11-12H2,1H3,(H,22,25)/t16-/m0/s1. The Balaban J connectivity index is 1.84. The lowest BCUT2D eigenvalue weighted by Crippen LogP contribution is -2.44. The second-order valence-electron chi connectivity index (χ2n) is 6.10. The van der Waals surface area contributed by atoms with Gasteiger partial charge in [-0.1, -0.05) is 25.5 Å². The van der Waals surface area contributed by atoms with E-state index in [0.29, 0.717) is 13.1 Å². The van der Waals surface area contributed by atoms with E-state index >= 15 is 0 Å². The van der Waals surface area contributed by atoms with Crippen molar-refractivity contribution in [3.05, 3.63) is 53.9 Å². The molecule has 0 saturated heterocycles. The zero-order valence-electron chi connectivity index (χ0n) is 13.9. The molecule has 0 unspecified atom stereocenters. The summed E-state index contributed by atoms with van der Waals surface area (Å²) >= 11 is 0. The van der Waals surface area contributed by atoms with Gasteiger partial charge in [0.15, 0.2) is 0 Å². The molecule has 0 bridgehead atoms. The largest absolute Gasteiger partial charge is 0.418 e. The summed E-state index contributed by atoms with van der Waals surface area (Å²) in [5.74, 6) is 0. The molecule has 1 aromatic heterocycles. The van der Waals surface area contributed by atoms with Gasteiger partial charge in [0.25, 0.3) is 0 Å². The fraction of sp³-hybridized carbons (Fsp3) is 0.389. The molecule has 1 aliphatic rings.